The van der Waals surface area contributed by atoms with E-state index in [2.05, 4.69) is 33.9 Å². The topological polar surface area (TPSA) is 78.0 Å². The zero-order chi connectivity index (χ0) is 19.0. The zero-order valence-electron chi connectivity index (χ0n) is 15.9. The van der Waals surface area contributed by atoms with Crippen LogP contribution in [0.25, 0.3) is 10.9 Å². The molecule has 0 unspecified atom stereocenters. The molecule has 27 heavy (non-hydrogen) atoms. The molecule has 1 aliphatic rings. The van der Waals surface area contributed by atoms with E-state index in [9.17, 15) is 4.79 Å². The monoisotopic (exact) mass is 364 g/mol. The molecule has 3 heterocycles. The Morgan fingerprint density at radius 2 is 1.85 bits per heavy atom. The van der Waals surface area contributed by atoms with E-state index in [1.54, 1.807) is 0 Å². The van der Waals surface area contributed by atoms with Gasteiger partial charge in [-0.15, -0.1) is 0 Å². The number of benzene rings is 1. The van der Waals surface area contributed by atoms with Crippen molar-refractivity contribution in [2.24, 2.45) is 0 Å². The zero-order valence-corrected chi connectivity index (χ0v) is 15.9. The number of aryl methyl sites for hydroxylation is 1. The summed E-state index contributed by atoms with van der Waals surface area (Å²) in [6.07, 6.45) is 0. The van der Waals surface area contributed by atoms with Crippen molar-refractivity contribution >= 4 is 22.6 Å². The summed E-state index contributed by atoms with van der Waals surface area (Å²) in [6, 6.07) is 9.74. The van der Waals surface area contributed by atoms with Gasteiger partial charge in [-0.2, -0.15) is 5.10 Å². The summed E-state index contributed by atoms with van der Waals surface area (Å²) >= 11 is 0. The number of anilines is 1. The standard InChI is InChI=1S/C20H24N6O/c1-13(2)19-21-14(3)12-17(22-19)25-8-10-26(11-9-25)20(27)18-15-6-4-5-7-16(15)23-24-18/h4-7,12-13H,8-11H2,1-3H3,(H,23,24). The third-order valence-electron chi connectivity index (χ3n) is 4.94. The van der Waals surface area contributed by atoms with Gasteiger partial charge in [0.05, 0.1) is 5.52 Å². The van der Waals surface area contributed by atoms with Gasteiger partial charge >= 0.3 is 0 Å². The molecule has 0 spiro atoms. The summed E-state index contributed by atoms with van der Waals surface area (Å²) in [6.45, 7) is 9.01. The highest BCUT2D eigenvalue weighted by Gasteiger charge is 2.26. The molecule has 1 aliphatic heterocycles. The number of aromatic nitrogens is 4. The number of carbonyl (C=O) groups is 1. The number of hydrogen-bond donors (Lipinski definition) is 1. The number of piperazine rings is 1. The van der Waals surface area contributed by atoms with E-state index >= 15 is 0 Å². The molecule has 3 aromatic rings. The molecule has 1 saturated heterocycles. The van der Waals surface area contributed by atoms with E-state index in [0.29, 0.717) is 24.7 Å². The number of nitrogens with zero attached hydrogens (tertiary/aromatic N) is 5. The van der Waals surface area contributed by atoms with Crippen LogP contribution in [0.3, 0.4) is 0 Å². The number of H-pyrrole nitrogens is 1. The van der Waals surface area contributed by atoms with Crippen molar-refractivity contribution in [3.63, 3.8) is 0 Å². The van der Waals surface area contributed by atoms with Gasteiger partial charge in [-0.3, -0.25) is 9.89 Å². The molecule has 1 N–H and O–H groups in total. The Morgan fingerprint density at radius 1 is 1.11 bits per heavy atom. The van der Waals surface area contributed by atoms with Crippen LogP contribution >= 0.6 is 0 Å². The predicted molar refractivity (Wildman–Crippen MR) is 105 cm³/mol. The van der Waals surface area contributed by atoms with Crippen LogP contribution < -0.4 is 4.90 Å². The average molecular weight is 364 g/mol. The molecule has 0 atom stereocenters. The first kappa shape index (κ1) is 17.5. The summed E-state index contributed by atoms with van der Waals surface area (Å²) in [5, 5.41) is 8.05. The summed E-state index contributed by atoms with van der Waals surface area (Å²) < 4.78 is 0. The minimum absolute atomic E-state index is 0.0196. The minimum atomic E-state index is -0.0196. The molecule has 0 radical (unpaired) electrons. The van der Waals surface area contributed by atoms with Crippen LogP contribution in [0.15, 0.2) is 30.3 Å². The molecule has 2 aromatic heterocycles. The van der Waals surface area contributed by atoms with Gasteiger partial charge in [0.25, 0.3) is 5.91 Å². The van der Waals surface area contributed by atoms with Crippen molar-refractivity contribution in [1.29, 1.82) is 0 Å². The average Bonchev–Trinajstić information content (AvgIpc) is 3.11. The Balaban J connectivity index is 1.48. The minimum Gasteiger partial charge on any atom is -0.353 e. The van der Waals surface area contributed by atoms with E-state index in [1.165, 1.54) is 0 Å². The van der Waals surface area contributed by atoms with E-state index in [0.717, 1.165) is 41.3 Å². The molecule has 4 rings (SSSR count). The summed E-state index contributed by atoms with van der Waals surface area (Å²) in [5.41, 5.74) is 2.36. The number of aromatic amines is 1. The van der Waals surface area contributed by atoms with Crippen LogP contribution in [0.5, 0.6) is 0 Å². The molecule has 1 amide bonds. The molecule has 7 heteroatoms. The lowest BCUT2D eigenvalue weighted by molar-refractivity contribution is 0.0742. The van der Waals surface area contributed by atoms with E-state index in [4.69, 9.17) is 4.98 Å². The lowest BCUT2D eigenvalue weighted by Gasteiger charge is -2.35. The Kier molecular flexibility index (Phi) is 4.51. The molecule has 7 nitrogen and oxygen atoms in total. The first-order valence-electron chi connectivity index (χ1n) is 9.36. The van der Waals surface area contributed by atoms with Crippen LogP contribution in [0.4, 0.5) is 5.82 Å². The van der Waals surface area contributed by atoms with Gasteiger partial charge in [0.1, 0.15) is 11.6 Å². The Morgan fingerprint density at radius 3 is 2.59 bits per heavy atom. The molecule has 0 saturated carbocycles. The lowest BCUT2D eigenvalue weighted by atomic mass is 10.2. The summed E-state index contributed by atoms with van der Waals surface area (Å²) in [7, 11) is 0. The summed E-state index contributed by atoms with van der Waals surface area (Å²) in [4.78, 5) is 26.2. The van der Waals surface area contributed by atoms with Gasteiger partial charge in [0.2, 0.25) is 0 Å². The highest BCUT2D eigenvalue weighted by molar-refractivity contribution is 6.04. The second kappa shape index (κ2) is 6.98. The van der Waals surface area contributed by atoms with Crippen molar-refractivity contribution < 1.29 is 4.79 Å². The molecular formula is C20H24N6O. The van der Waals surface area contributed by atoms with Gasteiger partial charge < -0.3 is 9.80 Å². The van der Waals surface area contributed by atoms with Crippen LogP contribution in [-0.2, 0) is 0 Å². The Labute approximate surface area is 158 Å². The van der Waals surface area contributed by atoms with E-state index < -0.39 is 0 Å². The Hall–Kier alpha value is -2.96. The number of amides is 1. The highest BCUT2D eigenvalue weighted by atomic mass is 16.2. The number of rotatable bonds is 3. The predicted octanol–water partition coefficient (Wildman–Crippen LogP) is 2.75. The van der Waals surface area contributed by atoms with Gasteiger partial charge in [-0.25, -0.2) is 9.97 Å². The number of carbonyl (C=O) groups excluding carboxylic acids is 1. The quantitative estimate of drug-likeness (QED) is 0.773. The second-order valence-corrected chi connectivity index (χ2v) is 7.28. The molecule has 1 fully saturated rings. The molecule has 0 bridgehead atoms. The first-order valence-corrected chi connectivity index (χ1v) is 9.36. The van der Waals surface area contributed by atoms with Crippen molar-refractivity contribution in [3.8, 4) is 0 Å². The van der Waals surface area contributed by atoms with Crippen LogP contribution in [0, 0.1) is 6.92 Å². The normalized spacial score (nSPS) is 15.0. The first-order chi connectivity index (χ1) is 13.0. The van der Waals surface area contributed by atoms with Crippen molar-refractivity contribution in [3.05, 3.63) is 47.5 Å². The largest absolute Gasteiger partial charge is 0.353 e. The molecule has 1 aromatic carbocycles. The third-order valence-corrected chi connectivity index (χ3v) is 4.94. The van der Waals surface area contributed by atoms with Crippen molar-refractivity contribution in [1.82, 2.24) is 25.1 Å². The maximum atomic E-state index is 12.9. The fourth-order valence-corrected chi connectivity index (χ4v) is 3.41. The Bertz CT molecular complexity index is 972. The molecule has 0 aliphatic carbocycles. The fraction of sp³-hybridized carbons (Fsp3) is 0.400. The third kappa shape index (κ3) is 3.37. The highest BCUT2D eigenvalue weighted by Crippen LogP contribution is 2.21. The van der Waals surface area contributed by atoms with Crippen LogP contribution in [-0.4, -0.2) is 57.2 Å². The van der Waals surface area contributed by atoms with Gasteiger partial charge in [0.15, 0.2) is 5.69 Å². The van der Waals surface area contributed by atoms with Crippen molar-refractivity contribution in [2.45, 2.75) is 26.7 Å². The van der Waals surface area contributed by atoms with Gasteiger partial charge in [0, 0.05) is 49.2 Å². The van der Waals surface area contributed by atoms with Crippen molar-refractivity contribution in [2.75, 3.05) is 31.1 Å². The number of fused-ring (bicyclic) bond motifs is 1. The molecule has 140 valence electrons. The fourth-order valence-electron chi connectivity index (χ4n) is 3.41. The second-order valence-electron chi connectivity index (χ2n) is 7.28. The number of para-hydroxylation sites is 1. The van der Waals surface area contributed by atoms with E-state index in [-0.39, 0.29) is 5.91 Å². The number of hydrogen-bond acceptors (Lipinski definition) is 5. The van der Waals surface area contributed by atoms with Gasteiger partial charge in [-0.05, 0) is 13.0 Å². The van der Waals surface area contributed by atoms with Gasteiger partial charge in [-0.1, -0.05) is 32.0 Å². The maximum absolute atomic E-state index is 12.9. The maximum Gasteiger partial charge on any atom is 0.275 e. The van der Waals surface area contributed by atoms with Crippen LogP contribution in [0.2, 0.25) is 0 Å². The number of nitrogens with one attached hydrogen (secondary N) is 1. The smallest absolute Gasteiger partial charge is 0.275 e. The summed E-state index contributed by atoms with van der Waals surface area (Å²) in [5.74, 6) is 2.09. The lowest BCUT2D eigenvalue weighted by Crippen LogP contribution is -2.49. The SMILES string of the molecule is Cc1cc(N2CCN(C(=O)c3n[nH]c4ccccc34)CC2)nc(C(C)C)n1. The van der Waals surface area contributed by atoms with Crippen LogP contribution in [0.1, 0.15) is 41.8 Å². The van der Waals surface area contributed by atoms with E-state index in [1.807, 2.05) is 42.2 Å². The molecular weight excluding hydrogens is 340 g/mol.